The van der Waals surface area contributed by atoms with Crippen molar-refractivity contribution in [1.82, 2.24) is 20.3 Å². The predicted molar refractivity (Wildman–Crippen MR) is 130 cm³/mol. The third-order valence-electron chi connectivity index (χ3n) is 4.92. The topological polar surface area (TPSA) is 92.2 Å². The number of hydrogen-bond donors (Lipinski definition) is 2. The molecule has 4 aromatic rings. The van der Waals surface area contributed by atoms with E-state index in [0.29, 0.717) is 30.9 Å². The molecule has 0 unspecified atom stereocenters. The summed E-state index contributed by atoms with van der Waals surface area (Å²) in [6.45, 7) is 3.02. The molecule has 0 saturated carbocycles. The molecule has 1 aromatic carbocycles. The van der Waals surface area contributed by atoms with Gasteiger partial charge in [-0.15, -0.1) is 0 Å². The smallest absolute Gasteiger partial charge is 0.185 e. The van der Waals surface area contributed by atoms with Gasteiger partial charge in [0.15, 0.2) is 17.9 Å². The maximum atomic E-state index is 11.7. The van der Waals surface area contributed by atoms with Gasteiger partial charge in [0.1, 0.15) is 5.69 Å². The monoisotopic (exact) mass is 436 g/mol. The number of carbonyl (C=O) groups excluding carboxylic acids is 1. The van der Waals surface area contributed by atoms with Crippen LogP contribution < -0.4 is 10.6 Å². The van der Waals surface area contributed by atoms with E-state index >= 15 is 0 Å². The molecule has 0 amide bonds. The first-order chi connectivity index (χ1) is 16.2. The molecular formula is C26H24N6O. The van der Waals surface area contributed by atoms with Crippen LogP contribution in [0.15, 0.2) is 90.4 Å². The highest BCUT2D eigenvalue weighted by Gasteiger charge is 2.09. The zero-order valence-electron chi connectivity index (χ0n) is 18.3. The number of aliphatic imine (C=N–C) groups is 1. The van der Waals surface area contributed by atoms with Crippen molar-refractivity contribution in [1.29, 1.82) is 0 Å². The predicted octanol–water partition coefficient (Wildman–Crippen LogP) is 4.48. The van der Waals surface area contributed by atoms with E-state index in [2.05, 4.69) is 31.7 Å². The van der Waals surface area contributed by atoms with Crippen molar-refractivity contribution in [3.05, 3.63) is 102 Å². The normalized spacial score (nSPS) is 11.1. The second-order valence-electron chi connectivity index (χ2n) is 7.48. The molecule has 3 heterocycles. The van der Waals surface area contributed by atoms with Crippen molar-refractivity contribution in [3.8, 4) is 11.3 Å². The van der Waals surface area contributed by atoms with Crippen molar-refractivity contribution >= 4 is 23.6 Å². The molecular weight excluding hydrogens is 412 g/mol. The molecule has 3 aromatic heterocycles. The lowest BCUT2D eigenvalue weighted by Crippen LogP contribution is -2.24. The van der Waals surface area contributed by atoms with E-state index in [4.69, 9.17) is 4.98 Å². The Labute approximate surface area is 192 Å². The minimum atomic E-state index is 0.216. The fraction of sp³-hybridized carbons (Fsp3) is 0.115. The number of carbonyl (C=O) groups is 1. The maximum Gasteiger partial charge on any atom is 0.185 e. The molecule has 0 aliphatic heterocycles. The first-order valence-corrected chi connectivity index (χ1v) is 10.6. The highest BCUT2D eigenvalue weighted by atomic mass is 16.1. The van der Waals surface area contributed by atoms with Crippen LogP contribution in [0.25, 0.3) is 11.3 Å². The van der Waals surface area contributed by atoms with Gasteiger partial charge in [0.05, 0.1) is 5.69 Å². The Morgan fingerprint density at radius 2 is 1.70 bits per heavy atom. The van der Waals surface area contributed by atoms with Crippen LogP contribution >= 0.6 is 0 Å². The Hall–Kier alpha value is -4.39. The molecule has 0 fully saturated rings. The number of rotatable bonds is 8. The van der Waals surface area contributed by atoms with Gasteiger partial charge in [-0.2, -0.15) is 0 Å². The van der Waals surface area contributed by atoms with Crippen LogP contribution in [0.2, 0.25) is 0 Å². The third-order valence-corrected chi connectivity index (χ3v) is 4.92. The molecule has 33 heavy (non-hydrogen) atoms. The van der Waals surface area contributed by atoms with Crippen LogP contribution in [0.4, 0.5) is 11.5 Å². The second kappa shape index (κ2) is 10.8. The number of aryl methyl sites for hydroxylation is 1. The fourth-order valence-corrected chi connectivity index (χ4v) is 3.26. The standard InChI is InChI=1S/C26H24N6O/c1-19-5-2-8-22(13-19)23-9-10-24(26(32-23)30-17-21-7-4-12-28-15-21)31-25(18-33)29-16-20-6-3-11-27-14-20/h2-15,18H,16-17H2,1H3,(H,29,31)(H,30,32). The Bertz CT molecular complexity index is 1240. The Morgan fingerprint density at radius 1 is 0.939 bits per heavy atom. The highest BCUT2D eigenvalue weighted by Crippen LogP contribution is 2.28. The second-order valence-corrected chi connectivity index (χ2v) is 7.48. The molecule has 0 atom stereocenters. The van der Waals surface area contributed by atoms with Gasteiger partial charge in [-0.3, -0.25) is 14.8 Å². The average Bonchev–Trinajstić information content (AvgIpc) is 2.87. The highest BCUT2D eigenvalue weighted by molar-refractivity contribution is 6.27. The van der Waals surface area contributed by atoms with Gasteiger partial charge < -0.3 is 10.6 Å². The largest absolute Gasteiger partial charge is 0.364 e. The minimum Gasteiger partial charge on any atom is -0.364 e. The molecule has 7 heteroatoms. The van der Waals surface area contributed by atoms with Crippen molar-refractivity contribution in [2.24, 2.45) is 4.99 Å². The average molecular weight is 437 g/mol. The van der Waals surface area contributed by atoms with E-state index in [0.717, 1.165) is 27.9 Å². The van der Waals surface area contributed by atoms with E-state index < -0.39 is 0 Å². The number of pyridine rings is 3. The van der Waals surface area contributed by atoms with Crippen LogP contribution in [0, 0.1) is 6.92 Å². The number of anilines is 1. The van der Waals surface area contributed by atoms with Crippen LogP contribution in [-0.4, -0.2) is 27.1 Å². The summed E-state index contributed by atoms with van der Waals surface area (Å²) in [5.74, 6) is 0.800. The summed E-state index contributed by atoms with van der Waals surface area (Å²) in [6, 6.07) is 19.6. The summed E-state index contributed by atoms with van der Waals surface area (Å²) in [7, 11) is 0. The van der Waals surface area contributed by atoms with E-state index in [1.807, 2.05) is 61.5 Å². The molecule has 0 radical (unpaired) electrons. The summed E-state index contributed by atoms with van der Waals surface area (Å²) in [6.07, 6.45) is 7.69. The SMILES string of the molecule is Cc1cccc(-c2ccc(/N=C(\C=O)NCc3cccnc3)c(NCc3cccnc3)n2)c1. The molecule has 7 nitrogen and oxygen atoms in total. The first-order valence-electron chi connectivity index (χ1n) is 10.6. The van der Waals surface area contributed by atoms with Gasteiger partial charge in [-0.05, 0) is 48.4 Å². The van der Waals surface area contributed by atoms with E-state index in [9.17, 15) is 4.79 Å². The molecule has 0 spiro atoms. The summed E-state index contributed by atoms with van der Waals surface area (Å²) in [4.78, 5) is 29.3. The lowest BCUT2D eigenvalue weighted by molar-refractivity contribution is -0.102. The quantitative estimate of drug-likeness (QED) is 0.240. The number of nitrogens with zero attached hydrogens (tertiary/aromatic N) is 4. The molecule has 2 N–H and O–H groups in total. The number of benzene rings is 1. The summed E-state index contributed by atoms with van der Waals surface area (Å²) >= 11 is 0. The van der Waals surface area contributed by atoms with E-state index in [1.54, 1.807) is 24.8 Å². The third kappa shape index (κ3) is 6.07. The number of nitrogens with one attached hydrogen (secondary N) is 2. The first kappa shape index (κ1) is 21.8. The minimum absolute atomic E-state index is 0.216. The molecule has 4 rings (SSSR count). The molecule has 0 aliphatic carbocycles. The summed E-state index contributed by atoms with van der Waals surface area (Å²) in [5.41, 5.74) is 5.53. The van der Waals surface area contributed by atoms with Gasteiger partial charge >= 0.3 is 0 Å². The van der Waals surface area contributed by atoms with Crippen LogP contribution in [0.5, 0.6) is 0 Å². The van der Waals surface area contributed by atoms with Crippen molar-refractivity contribution in [3.63, 3.8) is 0 Å². The number of hydrogen-bond acceptors (Lipinski definition) is 6. The van der Waals surface area contributed by atoms with Crippen LogP contribution in [0.3, 0.4) is 0 Å². The number of amidine groups is 1. The zero-order valence-corrected chi connectivity index (χ0v) is 18.3. The van der Waals surface area contributed by atoms with Crippen LogP contribution in [0.1, 0.15) is 16.7 Å². The van der Waals surface area contributed by atoms with Gasteiger partial charge in [0, 0.05) is 43.4 Å². The fourth-order valence-electron chi connectivity index (χ4n) is 3.26. The van der Waals surface area contributed by atoms with Gasteiger partial charge in [0.2, 0.25) is 0 Å². The van der Waals surface area contributed by atoms with Gasteiger partial charge in [0.25, 0.3) is 0 Å². The number of aldehydes is 1. The summed E-state index contributed by atoms with van der Waals surface area (Å²) < 4.78 is 0. The van der Waals surface area contributed by atoms with Crippen LogP contribution in [-0.2, 0) is 17.9 Å². The van der Waals surface area contributed by atoms with E-state index in [1.165, 1.54) is 0 Å². The molecule has 0 bridgehead atoms. The van der Waals surface area contributed by atoms with Crippen molar-refractivity contribution < 1.29 is 4.79 Å². The lowest BCUT2D eigenvalue weighted by Gasteiger charge is -2.12. The molecule has 164 valence electrons. The number of aromatic nitrogens is 3. The summed E-state index contributed by atoms with van der Waals surface area (Å²) in [5, 5.41) is 6.41. The maximum absolute atomic E-state index is 11.7. The van der Waals surface area contributed by atoms with Crippen molar-refractivity contribution in [2.45, 2.75) is 20.0 Å². The Balaban J connectivity index is 1.62. The van der Waals surface area contributed by atoms with Gasteiger partial charge in [-0.1, -0.05) is 35.9 Å². The zero-order chi connectivity index (χ0) is 22.9. The Morgan fingerprint density at radius 3 is 2.36 bits per heavy atom. The van der Waals surface area contributed by atoms with E-state index in [-0.39, 0.29) is 5.84 Å². The molecule has 0 aliphatic rings. The van der Waals surface area contributed by atoms with Gasteiger partial charge in [-0.25, -0.2) is 9.98 Å². The molecule has 0 saturated heterocycles. The lowest BCUT2D eigenvalue weighted by atomic mass is 10.1. The Kier molecular flexibility index (Phi) is 7.12. The van der Waals surface area contributed by atoms with Crippen molar-refractivity contribution in [2.75, 3.05) is 5.32 Å².